The molecule has 1 aromatic carbocycles. The fourth-order valence-corrected chi connectivity index (χ4v) is 2.81. The number of fused-ring (bicyclic) bond motifs is 1. The Morgan fingerprint density at radius 2 is 2.14 bits per heavy atom. The first kappa shape index (κ1) is 16.2. The SMILES string of the molecule is CCCCCCCC(=O)OOc1ccc2nc(C#N)sc2c1. The molecule has 0 saturated carbocycles. The lowest BCUT2D eigenvalue weighted by molar-refractivity contribution is -0.213. The first-order valence-electron chi connectivity index (χ1n) is 7.41. The molecule has 2 rings (SSSR count). The summed E-state index contributed by atoms with van der Waals surface area (Å²) < 4.78 is 0.824. The Kier molecular flexibility index (Phi) is 6.16. The molecule has 1 heterocycles. The maximum Gasteiger partial charge on any atom is 0.355 e. The molecule has 2 aromatic rings. The Labute approximate surface area is 133 Å². The number of carbonyl (C=O) groups is 1. The van der Waals surface area contributed by atoms with Gasteiger partial charge in [-0.1, -0.05) is 32.6 Å². The Morgan fingerprint density at radius 3 is 2.91 bits per heavy atom. The standard InChI is InChI=1S/C16H18N2O3S/c1-2-3-4-5-6-7-16(19)21-20-12-8-9-13-14(10-12)22-15(11-17)18-13/h8-10H,2-7H2,1H3. The zero-order valence-corrected chi connectivity index (χ0v) is 13.3. The summed E-state index contributed by atoms with van der Waals surface area (Å²) in [5, 5.41) is 9.22. The summed E-state index contributed by atoms with van der Waals surface area (Å²) in [5.41, 5.74) is 0.733. The van der Waals surface area contributed by atoms with Gasteiger partial charge >= 0.3 is 5.97 Å². The highest BCUT2D eigenvalue weighted by Crippen LogP contribution is 2.26. The molecule has 0 aliphatic heterocycles. The van der Waals surface area contributed by atoms with Crippen molar-refractivity contribution in [2.24, 2.45) is 0 Å². The molecule has 0 aliphatic carbocycles. The van der Waals surface area contributed by atoms with Crippen LogP contribution in [0.3, 0.4) is 0 Å². The zero-order chi connectivity index (χ0) is 15.8. The van der Waals surface area contributed by atoms with Crippen molar-refractivity contribution in [3.8, 4) is 11.8 Å². The van der Waals surface area contributed by atoms with Gasteiger partial charge in [-0.25, -0.2) is 9.78 Å². The number of hydrogen-bond donors (Lipinski definition) is 0. The minimum atomic E-state index is -0.362. The van der Waals surface area contributed by atoms with E-state index < -0.39 is 0 Å². The summed E-state index contributed by atoms with van der Waals surface area (Å²) in [5.74, 6) is 0.0681. The number of nitriles is 1. The molecule has 0 radical (unpaired) electrons. The second kappa shape index (κ2) is 8.35. The lowest BCUT2D eigenvalue weighted by Crippen LogP contribution is -2.07. The average Bonchev–Trinajstić information content (AvgIpc) is 2.95. The van der Waals surface area contributed by atoms with Crippen LogP contribution in [0.5, 0.6) is 5.75 Å². The molecule has 0 atom stereocenters. The van der Waals surface area contributed by atoms with Crippen LogP contribution in [0.15, 0.2) is 18.2 Å². The van der Waals surface area contributed by atoms with E-state index in [-0.39, 0.29) is 5.97 Å². The van der Waals surface area contributed by atoms with Crippen molar-refractivity contribution in [2.75, 3.05) is 0 Å². The van der Waals surface area contributed by atoms with Gasteiger partial charge in [0.1, 0.15) is 6.07 Å². The highest BCUT2D eigenvalue weighted by atomic mass is 32.1. The fraction of sp³-hybridized carbons (Fsp3) is 0.438. The van der Waals surface area contributed by atoms with Crippen molar-refractivity contribution in [3.05, 3.63) is 23.2 Å². The molecule has 0 fully saturated rings. The van der Waals surface area contributed by atoms with E-state index in [2.05, 4.69) is 11.9 Å². The van der Waals surface area contributed by atoms with Gasteiger partial charge in [-0.05, 0) is 18.6 Å². The van der Waals surface area contributed by atoms with Crippen LogP contribution in [0.2, 0.25) is 0 Å². The molecule has 6 heteroatoms. The third kappa shape index (κ3) is 4.71. The molecule has 0 bridgehead atoms. The van der Waals surface area contributed by atoms with Gasteiger partial charge in [0.25, 0.3) is 0 Å². The highest BCUT2D eigenvalue weighted by Gasteiger charge is 2.08. The van der Waals surface area contributed by atoms with Crippen molar-refractivity contribution in [1.82, 2.24) is 4.98 Å². The van der Waals surface area contributed by atoms with E-state index in [1.807, 2.05) is 6.07 Å². The van der Waals surface area contributed by atoms with Crippen LogP contribution in [-0.2, 0) is 9.68 Å². The normalized spacial score (nSPS) is 10.4. The molecular formula is C16H18N2O3S. The van der Waals surface area contributed by atoms with Crippen molar-refractivity contribution < 1.29 is 14.6 Å². The second-order valence-electron chi connectivity index (χ2n) is 4.96. The molecule has 116 valence electrons. The number of nitrogens with zero attached hydrogens (tertiary/aromatic N) is 2. The van der Waals surface area contributed by atoms with E-state index in [0.717, 1.165) is 29.5 Å². The Morgan fingerprint density at radius 1 is 1.32 bits per heavy atom. The monoisotopic (exact) mass is 318 g/mol. The average molecular weight is 318 g/mol. The Hall–Kier alpha value is -2.13. The summed E-state index contributed by atoms with van der Waals surface area (Å²) in [6.45, 7) is 2.15. The number of carbonyl (C=O) groups excluding carboxylic acids is 1. The molecule has 5 nitrogen and oxygen atoms in total. The van der Waals surface area contributed by atoms with Gasteiger partial charge in [0.05, 0.1) is 16.6 Å². The predicted molar refractivity (Wildman–Crippen MR) is 84.4 cm³/mol. The van der Waals surface area contributed by atoms with Crippen molar-refractivity contribution in [3.63, 3.8) is 0 Å². The fourth-order valence-electron chi connectivity index (χ4n) is 2.01. The smallest absolute Gasteiger partial charge is 0.287 e. The lowest BCUT2D eigenvalue weighted by atomic mass is 10.1. The zero-order valence-electron chi connectivity index (χ0n) is 12.5. The third-order valence-electron chi connectivity index (χ3n) is 3.17. The molecule has 0 spiro atoms. The Balaban J connectivity index is 1.79. The molecule has 0 amide bonds. The number of aromatic nitrogens is 1. The lowest BCUT2D eigenvalue weighted by Gasteiger charge is -2.04. The number of unbranched alkanes of at least 4 members (excludes halogenated alkanes) is 4. The third-order valence-corrected chi connectivity index (χ3v) is 4.09. The summed E-state index contributed by atoms with van der Waals surface area (Å²) in [7, 11) is 0. The Bertz CT molecular complexity index is 676. The number of benzene rings is 1. The van der Waals surface area contributed by atoms with Crippen molar-refractivity contribution >= 4 is 27.5 Å². The van der Waals surface area contributed by atoms with Crippen molar-refractivity contribution in [1.29, 1.82) is 5.26 Å². The minimum Gasteiger partial charge on any atom is -0.287 e. The van der Waals surface area contributed by atoms with Gasteiger partial charge in [0.15, 0.2) is 10.8 Å². The van der Waals surface area contributed by atoms with Gasteiger partial charge in [-0.15, -0.1) is 11.3 Å². The molecule has 1 aromatic heterocycles. The largest absolute Gasteiger partial charge is 0.355 e. The topological polar surface area (TPSA) is 72.2 Å². The number of thiazole rings is 1. The molecule has 0 N–H and O–H groups in total. The summed E-state index contributed by atoms with van der Waals surface area (Å²) in [4.78, 5) is 25.5. The maximum atomic E-state index is 11.6. The van der Waals surface area contributed by atoms with E-state index in [9.17, 15) is 4.79 Å². The molecular weight excluding hydrogens is 300 g/mol. The number of hydrogen-bond acceptors (Lipinski definition) is 6. The minimum absolute atomic E-state index is 0.362. The molecule has 22 heavy (non-hydrogen) atoms. The number of rotatable bonds is 8. The van der Waals surface area contributed by atoms with E-state index in [1.54, 1.807) is 18.2 Å². The van der Waals surface area contributed by atoms with Crippen LogP contribution < -0.4 is 4.89 Å². The van der Waals surface area contributed by atoms with Gasteiger partial charge in [0.2, 0.25) is 0 Å². The predicted octanol–water partition coefficient (Wildman–Crippen LogP) is 4.37. The van der Waals surface area contributed by atoms with E-state index >= 15 is 0 Å². The van der Waals surface area contributed by atoms with Gasteiger partial charge in [-0.2, -0.15) is 5.26 Å². The van der Waals surface area contributed by atoms with Gasteiger partial charge in [0, 0.05) is 6.07 Å². The molecule has 0 unspecified atom stereocenters. The van der Waals surface area contributed by atoms with Crippen LogP contribution in [0.1, 0.15) is 50.5 Å². The van der Waals surface area contributed by atoms with Crippen molar-refractivity contribution in [2.45, 2.75) is 45.4 Å². The first-order valence-corrected chi connectivity index (χ1v) is 8.22. The van der Waals surface area contributed by atoms with E-state index in [0.29, 0.717) is 17.2 Å². The maximum absolute atomic E-state index is 11.6. The van der Waals surface area contributed by atoms with Gasteiger partial charge < -0.3 is 0 Å². The molecule has 0 saturated heterocycles. The van der Waals surface area contributed by atoms with Crippen LogP contribution in [0.4, 0.5) is 0 Å². The second-order valence-corrected chi connectivity index (χ2v) is 5.99. The summed E-state index contributed by atoms with van der Waals surface area (Å²) in [6, 6.07) is 7.12. The van der Waals surface area contributed by atoms with Crippen LogP contribution in [0.25, 0.3) is 10.2 Å². The van der Waals surface area contributed by atoms with E-state index in [4.69, 9.17) is 15.0 Å². The van der Waals surface area contributed by atoms with Crippen LogP contribution in [-0.4, -0.2) is 11.0 Å². The van der Waals surface area contributed by atoms with Gasteiger partial charge in [-0.3, -0.25) is 9.78 Å². The molecule has 0 aliphatic rings. The van der Waals surface area contributed by atoms with Crippen LogP contribution in [0, 0.1) is 11.3 Å². The highest BCUT2D eigenvalue weighted by molar-refractivity contribution is 7.19. The summed E-state index contributed by atoms with van der Waals surface area (Å²) >= 11 is 1.27. The van der Waals surface area contributed by atoms with E-state index in [1.165, 1.54) is 24.2 Å². The summed E-state index contributed by atoms with van der Waals surface area (Å²) in [6.07, 6.45) is 5.75. The quantitative estimate of drug-likeness (QED) is 0.410. The first-order chi connectivity index (χ1) is 10.7. The van der Waals surface area contributed by atoms with Crippen LogP contribution >= 0.6 is 11.3 Å².